The summed E-state index contributed by atoms with van der Waals surface area (Å²) in [7, 11) is -4.50. The summed E-state index contributed by atoms with van der Waals surface area (Å²) in [5.41, 5.74) is 12.3. The molecule has 3 aromatic rings. The average Bonchev–Trinajstić information content (AvgIpc) is 3.29. The Morgan fingerprint density at radius 2 is 1.59 bits per heavy atom. The van der Waals surface area contributed by atoms with Crippen LogP contribution in [0.4, 0.5) is 13.2 Å². The monoisotopic (exact) mass is 548 g/mol. The Balaban J connectivity index is 1.77. The molecule has 1 heterocycles. The highest BCUT2D eigenvalue weighted by molar-refractivity contribution is 7.90. The Bertz CT molecular complexity index is 1470. The summed E-state index contributed by atoms with van der Waals surface area (Å²) in [6, 6.07) is 19.3. The van der Waals surface area contributed by atoms with Crippen LogP contribution in [0.2, 0.25) is 5.02 Å². The summed E-state index contributed by atoms with van der Waals surface area (Å²) in [5.74, 6) is -1.23. The van der Waals surface area contributed by atoms with E-state index < -0.39 is 38.6 Å². The number of hydrogen-bond acceptors (Lipinski definition) is 3. The predicted molar refractivity (Wildman–Crippen MR) is 136 cm³/mol. The maximum atomic E-state index is 13.0. The highest BCUT2D eigenvalue weighted by Gasteiger charge is 2.33. The van der Waals surface area contributed by atoms with Gasteiger partial charge in [0.05, 0.1) is 22.7 Å². The van der Waals surface area contributed by atoms with Gasteiger partial charge in [0, 0.05) is 10.9 Å². The van der Waals surface area contributed by atoms with Crippen LogP contribution in [0, 0.1) is 0 Å². The second-order valence-electron chi connectivity index (χ2n) is 7.96. The lowest BCUT2D eigenvalue weighted by Gasteiger charge is -2.16. The van der Waals surface area contributed by atoms with Crippen molar-refractivity contribution in [2.24, 2.45) is 26.0 Å². The number of nitrogens with zero attached hydrogens (tertiary/aromatic N) is 4. The first-order chi connectivity index (χ1) is 17.4. The first kappa shape index (κ1) is 26.2. The number of nitrogens with two attached hydrogens (primary N) is 2. The van der Waals surface area contributed by atoms with Gasteiger partial charge in [-0.05, 0) is 47.5 Å². The third kappa shape index (κ3) is 6.09. The van der Waals surface area contributed by atoms with E-state index in [4.69, 9.17) is 23.1 Å². The molecule has 0 radical (unpaired) electrons. The van der Waals surface area contributed by atoms with Gasteiger partial charge in [-0.25, -0.2) is 5.01 Å². The van der Waals surface area contributed by atoms with Crippen molar-refractivity contribution in [2.45, 2.75) is 17.0 Å². The zero-order valence-corrected chi connectivity index (χ0v) is 20.5. The van der Waals surface area contributed by atoms with Crippen molar-refractivity contribution in [1.29, 1.82) is 0 Å². The highest BCUT2D eigenvalue weighted by atomic mass is 35.5. The first-order valence-electron chi connectivity index (χ1n) is 10.7. The van der Waals surface area contributed by atoms with Gasteiger partial charge in [-0.3, -0.25) is 0 Å². The number of guanidine groups is 2. The zero-order chi connectivity index (χ0) is 26.8. The van der Waals surface area contributed by atoms with Crippen LogP contribution in [0.1, 0.15) is 22.6 Å². The van der Waals surface area contributed by atoms with Crippen LogP contribution < -0.4 is 11.5 Å². The molecule has 0 fully saturated rings. The maximum Gasteiger partial charge on any atom is 0.416 e. The van der Waals surface area contributed by atoms with Crippen LogP contribution in [0.3, 0.4) is 0 Å². The molecule has 0 spiro atoms. The Labute approximate surface area is 215 Å². The zero-order valence-electron chi connectivity index (χ0n) is 19.0. The van der Waals surface area contributed by atoms with Crippen LogP contribution in [0.15, 0.2) is 98.2 Å². The molecule has 4 N–H and O–H groups in total. The number of halogens is 4. The lowest BCUT2D eigenvalue weighted by Crippen LogP contribution is -2.31. The van der Waals surface area contributed by atoms with Crippen LogP contribution in [0.25, 0.3) is 0 Å². The van der Waals surface area contributed by atoms with Crippen molar-refractivity contribution in [2.75, 3.05) is 6.54 Å². The van der Waals surface area contributed by atoms with Gasteiger partial charge < -0.3 is 11.5 Å². The molecule has 37 heavy (non-hydrogen) atoms. The van der Waals surface area contributed by atoms with Gasteiger partial charge >= 0.3 is 6.18 Å². The molecule has 0 bridgehead atoms. The first-order valence-corrected chi connectivity index (χ1v) is 12.5. The van der Waals surface area contributed by atoms with E-state index in [1.165, 1.54) is 5.01 Å². The molecule has 1 atom stereocenters. The van der Waals surface area contributed by atoms with E-state index in [0.717, 1.165) is 23.3 Å². The van der Waals surface area contributed by atoms with Crippen molar-refractivity contribution < 1.29 is 21.6 Å². The molecule has 3 aromatic carbocycles. The lowest BCUT2D eigenvalue weighted by atomic mass is 9.91. The molecule has 0 saturated carbocycles. The van der Waals surface area contributed by atoms with Gasteiger partial charge in [0.2, 0.25) is 0 Å². The molecular weight excluding hydrogens is 529 g/mol. The van der Waals surface area contributed by atoms with Gasteiger partial charge in [-0.2, -0.15) is 31.7 Å². The molecule has 4 rings (SSSR count). The molecule has 1 aliphatic heterocycles. The van der Waals surface area contributed by atoms with E-state index in [9.17, 15) is 21.6 Å². The van der Waals surface area contributed by atoms with Crippen molar-refractivity contribution in [3.8, 4) is 0 Å². The average molecular weight is 549 g/mol. The summed E-state index contributed by atoms with van der Waals surface area (Å²) in [5, 5.41) is 6.34. The molecule has 0 aromatic heterocycles. The Morgan fingerprint density at radius 3 is 2.16 bits per heavy atom. The smallest absolute Gasteiger partial charge is 0.370 e. The summed E-state index contributed by atoms with van der Waals surface area (Å²) in [6.07, 6.45) is -4.62. The quantitative estimate of drug-likeness (QED) is 0.373. The molecular formula is C24H20ClF3N6O2S. The van der Waals surface area contributed by atoms with Gasteiger partial charge in [0.1, 0.15) is 0 Å². The van der Waals surface area contributed by atoms with Gasteiger partial charge in [0.15, 0.2) is 5.96 Å². The van der Waals surface area contributed by atoms with E-state index in [1.54, 1.807) is 24.3 Å². The number of alkyl halides is 3. The molecule has 192 valence electrons. The standard InChI is InChI=1S/C24H20ClF3N6O2S/c25-18-10-6-16(7-11-18)21-20(15-4-2-1-3-5-15)14-34(32-21)23(31-22(29)30)33-37(35,36)19-12-8-17(9-13-19)24(26,27)28/h1-13,20H,14H2,(H4,29,30,31,33)/t20-/m0/s1. The van der Waals surface area contributed by atoms with Gasteiger partial charge in [-0.1, -0.05) is 54.1 Å². The fourth-order valence-electron chi connectivity index (χ4n) is 3.67. The van der Waals surface area contributed by atoms with E-state index in [0.29, 0.717) is 22.9 Å². The maximum absolute atomic E-state index is 13.0. The summed E-state index contributed by atoms with van der Waals surface area (Å²) in [4.78, 5) is 3.39. The summed E-state index contributed by atoms with van der Waals surface area (Å²) >= 11 is 6.03. The van der Waals surface area contributed by atoms with E-state index >= 15 is 0 Å². The Morgan fingerprint density at radius 1 is 0.973 bits per heavy atom. The number of hydrogen-bond donors (Lipinski definition) is 2. The molecule has 1 aliphatic rings. The number of aliphatic imine (C=N–C) groups is 1. The number of sulfonamides is 1. The fraction of sp³-hybridized carbons (Fsp3) is 0.125. The largest absolute Gasteiger partial charge is 0.416 e. The summed E-state index contributed by atoms with van der Waals surface area (Å²) in [6.45, 7) is 0.139. The van der Waals surface area contributed by atoms with Crippen LogP contribution in [-0.4, -0.2) is 37.6 Å². The molecule has 8 nitrogen and oxygen atoms in total. The highest BCUT2D eigenvalue weighted by Crippen LogP contribution is 2.32. The van der Waals surface area contributed by atoms with Crippen molar-refractivity contribution in [3.63, 3.8) is 0 Å². The minimum Gasteiger partial charge on any atom is -0.370 e. The minimum absolute atomic E-state index is 0.139. The second-order valence-corrected chi connectivity index (χ2v) is 10.0. The minimum atomic E-state index is -4.62. The lowest BCUT2D eigenvalue weighted by molar-refractivity contribution is -0.137. The molecule has 0 saturated heterocycles. The normalized spacial score (nSPS) is 16.4. The van der Waals surface area contributed by atoms with E-state index in [2.05, 4.69) is 14.5 Å². The van der Waals surface area contributed by atoms with Crippen molar-refractivity contribution in [1.82, 2.24) is 5.01 Å². The Kier molecular flexibility index (Phi) is 7.23. The third-order valence-electron chi connectivity index (χ3n) is 5.40. The van der Waals surface area contributed by atoms with Crippen LogP contribution in [-0.2, 0) is 16.2 Å². The molecule has 0 aliphatic carbocycles. The van der Waals surface area contributed by atoms with Crippen LogP contribution in [0.5, 0.6) is 0 Å². The van der Waals surface area contributed by atoms with Crippen molar-refractivity contribution >= 4 is 39.3 Å². The number of rotatable bonds is 4. The topological polar surface area (TPSA) is 126 Å². The molecule has 0 amide bonds. The van der Waals surface area contributed by atoms with E-state index in [1.807, 2.05) is 30.3 Å². The Hall–Kier alpha value is -3.90. The van der Waals surface area contributed by atoms with E-state index in [-0.39, 0.29) is 12.5 Å². The van der Waals surface area contributed by atoms with Gasteiger partial charge in [-0.15, -0.1) is 4.40 Å². The number of benzene rings is 3. The van der Waals surface area contributed by atoms with Crippen LogP contribution >= 0.6 is 11.6 Å². The molecule has 0 unspecified atom stereocenters. The van der Waals surface area contributed by atoms with Gasteiger partial charge in [0.25, 0.3) is 16.0 Å². The fourth-order valence-corrected chi connectivity index (χ4v) is 4.73. The third-order valence-corrected chi connectivity index (χ3v) is 6.92. The van der Waals surface area contributed by atoms with Crippen molar-refractivity contribution in [3.05, 3.63) is 101 Å². The summed E-state index contributed by atoms with van der Waals surface area (Å²) < 4.78 is 68.4. The second kappa shape index (κ2) is 10.2. The number of hydrazone groups is 1. The molecule has 13 heteroatoms. The predicted octanol–water partition coefficient (Wildman–Crippen LogP) is 4.18. The SMILES string of the molecule is NC(N)=NC(=NS(=O)(=O)c1ccc(C(F)(F)F)cc1)N1C[C@@H](c2ccccc2)C(c2ccc(Cl)cc2)=N1.